The normalized spacial score (nSPS) is 15.2. The maximum absolute atomic E-state index is 12.8. The highest BCUT2D eigenvalue weighted by Crippen LogP contribution is 2.21. The summed E-state index contributed by atoms with van der Waals surface area (Å²) in [6, 6.07) is 15.5. The molecule has 28 heavy (non-hydrogen) atoms. The van der Waals surface area contributed by atoms with Crippen LogP contribution in [0.15, 0.2) is 53.4 Å². The van der Waals surface area contributed by atoms with Crippen molar-refractivity contribution in [1.29, 1.82) is 5.26 Å². The third-order valence-corrected chi connectivity index (χ3v) is 6.97. The summed E-state index contributed by atoms with van der Waals surface area (Å²) in [6.45, 7) is 1.12. The molecule has 1 saturated heterocycles. The Labute approximate surface area is 170 Å². The van der Waals surface area contributed by atoms with Crippen LogP contribution in [0.2, 0.25) is 5.02 Å². The molecule has 8 heteroatoms. The van der Waals surface area contributed by atoms with Crippen molar-refractivity contribution in [2.24, 2.45) is 0 Å². The van der Waals surface area contributed by atoms with Crippen LogP contribution in [0.1, 0.15) is 17.5 Å². The van der Waals surface area contributed by atoms with Crippen molar-refractivity contribution in [3.63, 3.8) is 0 Å². The van der Waals surface area contributed by atoms with Gasteiger partial charge in [-0.15, -0.1) is 0 Å². The van der Waals surface area contributed by atoms with E-state index in [2.05, 4.69) is 0 Å². The van der Waals surface area contributed by atoms with Gasteiger partial charge in [0, 0.05) is 37.6 Å². The molecule has 0 bridgehead atoms. The molecule has 0 N–H and O–H groups in total. The van der Waals surface area contributed by atoms with Crippen LogP contribution in [-0.4, -0.2) is 49.7 Å². The smallest absolute Gasteiger partial charge is 0.244 e. The molecular formula is C20H20ClN3O3S. The molecule has 0 unspecified atom stereocenters. The van der Waals surface area contributed by atoms with Crippen molar-refractivity contribution in [2.45, 2.75) is 17.7 Å². The van der Waals surface area contributed by atoms with Gasteiger partial charge in [0.1, 0.15) is 6.07 Å². The lowest BCUT2D eigenvalue weighted by atomic mass is 10.1. The van der Waals surface area contributed by atoms with E-state index in [4.69, 9.17) is 16.9 Å². The molecule has 1 aliphatic rings. The Morgan fingerprint density at radius 2 is 1.68 bits per heavy atom. The highest BCUT2D eigenvalue weighted by Gasteiger charge is 2.31. The first kappa shape index (κ1) is 20.3. The number of piperazine rings is 1. The van der Waals surface area contributed by atoms with Crippen molar-refractivity contribution in [1.82, 2.24) is 9.21 Å². The fourth-order valence-electron chi connectivity index (χ4n) is 3.16. The van der Waals surface area contributed by atoms with Gasteiger partial charge in [0.05, 0.1) is 10.5 Å². The molecule has 1 amide bonds. The molecule has 3 rings (SSSR count). The molecule has 0 spiro atoms. The highest BCUT2D eigenvalue weighted by molar-refractivity contribution is 7.89. The number of nitrogens with zero attached hydrogens (tertiary/aromatic N) is 3. The number of nitriles is 1. The number of benzene rings is 2. The van der Waals surface area contributed by atoms with Crippen molar-refractivity contribution in [2.75, 3.05) is 26.2 Å². The van der Waals surface area contributed by atoms with E-state index in [-0.39, 0.29) is 29.5 Å². The van der Waals surface area contributed by atoms with Gasteiger partial charge in [-0.05, 0) is 36.2 Å². The monoisotopic (exact) mass is 417 g/mol. The zero-order valence-corrected chi connectivity index (χ0v) is 16.8. The zero-order valence-electron chi connectivity index (χ0n) is 15.2. The third-order valence-electron chi connectivity index (χ3n) is 4.76. The molecule has 146 valence electrons. The van der Waals surface area contributed by atoms with E-state index in [1.54, 1.807) is 29.2 Å². The van der Waals surface area contributed by atoms with E-state index in [1.807, 2.05) is 18.2 Å². The van der Waals surface area contributed by atoms with E-state index in [1.165, 1.54) is 16.4 Å². The van der Waals surface area contributed by atoms with Gasteiger partial charge in [-0.1, -0.05) is 35.9 Å². The molecule has 1 fully saturated rings. The maximum atomic E-state index is 12.8. The van der Waals surface area contributed by atoms with Gasteiger partial charge in [-0.2, -0.15) is 9.57 Å². The first-order valence-electron chi connectivity index (χ1n) is 8.93. The molecule has 1 heterocycles. The molecule has 0 aliphatic carbocycles. The van der Waals surface area contributed by atoms with Crippen LogP contribution in [0.25, 0.3) is 0 Å². The lowest BCUT2D eigenvalue weighted by molar-refractivity contribution is -0.132. The van der Waals surface area contributed by atoms with Gasteiger partial charge < -0.3 is 4.90 Å². The molecule has 0 radical (unpaired) electrons. The number of rotatable bonds is 5. The predicted molar refractivity (Wildman–Crippen MR) is 106 cm³/mol. The first-order chi connectivity index (χ1) is 13.4. The standard InChI is InChI=1S/C20H20ClN3O3S/c21-18-8-5-16(6-9-18)7-10-20(25)23-11-13-24(14-12-23)28(26,27)19-4-2-1-3-17(19)15-22/h1-6,8-9H,7,10-14H2. The Balaban J connectivity index is 1.58. The third kappa shape index (κ3) is 4.53. The predicted octanol–water partition coefficient (Wildman–Crippen LogP) is 2.68. The van der Waals surface area contributed by atoms with E-state index < -0.39 is 10.0 Å². The zero-order chi connectivity index (χ0) is 20.1. The SMILES string of the molecule is N#Cc1ccccc1S(=O)(=O)N1CCN(C(=O)CCc2ccc(Cl)cc2)CC1. The van der Waals surface area contributed by atoms with E-state index in [0.717, 1.165) is 5.56 Å². The minimum atomic E-state index is -3.75. The molecule has 2 aromatic rings. The van der Waals surface area contributed by atoms with E-state index in [0.29, 0.717) is 31.0 Å². The molecule has 0 saturated carbocycles. The van der Waals surface area contributed by atoms with Crippen molar-refractivity contribution in [3.05, 3.63) is 64.7 Å². The van der Waals surface area contributed by atoms with Crippen LogP contribution < -0.4 is 0 Å². The first-order valence-corrected chi connectivity index (χ1v) is 10.7. The Bertz CT molecular complexity index is 992. The molecule has 1 aliphatic heterocycles. The lowest BCUT2D eigenvalue weighted by Gasteiger charge is -2.34. The quantitative estimate of drug-likeness (QED) is 0.748. The number of carbonyl (C=O) groups excluding carboxylic acids is 1. The summed E-state index contributed by atoms with van der Waals surface area (Å²) in [5.41, 5.74) is 1.16. The Morgan fingerprint density at radius 1 is 1.04 bits per heavy atom. The van der Waals surface area contributed by atoms with Gasteiger partial charge >= 0.3 is 0 Å². The average Bonchev–Trinajstić information content (AvgIpc) is 2.73. The van der Waals surface area contributed by atoms with Crippen molar-refractivity contribution in [3.8, 4) is 6.07 Å². The molecule has 0 aromatic heterocycles. The molecule has 2 aromatic carbocycles. The van der Waals surface area contributed by atoms with Gasteiger partial charge in [-0.3, -0.25) is 4.79 Å². The largest absolute Gasteiger partial charge is 0.340 e. The van der Waals surface area contributed by atoms with E-state index >= 15 is 0 Å². The van der Waals surface area contributed by atoms with Crippen LogP contribution in [-0.2, 0) is 21.2 Å². The van der Waals surface area contributed by atoms with Gasteiger partial charge in [0.25, 0.3) is 0 Å². The Hall–Kier alpha value is -2.40. The molecule has 6 nitrogen and oxygen atoms in total. The van der Waals surface area contributed by atoms with Gasteiger partial charge in [0.15, 0.2) is 0 Å². The number of hydrogen-bond acceptors (Lipinski definition) is 4. The minimum Gasteiger partial charge on any atom is -0.340 e. The summed E-state index contributed by atoms with van der Waals surface area (Å²) in [5, 5.41) is 9.83. The summed E-state index contributed by atoms with van der Waals surface area (Å²) < 4.78 is 27.0. The number of sulfonamides is 1. The second-order valence-corrected chi connectivity index (χ2v) is 8.86. The summed E-state index contributed by atoms with van der Waals surface area (Å²) in [7, 11) is -3.75. The summed E-state index contributed by atoms with van der Waals surface area (Å²) in [5.74, 6) is 0.00410. The number of hydrogen-bond donors (Lipinski definition) is 0. The van der Waals surface area contributed by atoms with Crippen molar-refractivity contribution < 1.29 is 13.2 Å². The van der Waals surface area contributed by atoms with E-state index in [9.17, 15) is 13.2 Å². The minimum absolute atomic E-state index is 0.00410. The van der Waals surface area contributed by atoms with Gasteiger partial charge in [-0.25, -0.2) is 8.42 Å². The fraction of sp³-hybridized carbons (Fsp3) is 0.300. The Kier molecular flexibility index (Phi) is 6.35. The summed E-state index contributed by atoms with van der Waals surface area (Å²) >= 11 is 5.86. The maximum Gasteiger partial charge on any atom is 0.244 e. The van der Waals surface area contributed by atoms with Crippen LogP contribution in [0.5, 0.6) is 0 Å². The molecule has 0 atom stereocenters. The van der Waals surface area contributed by atoms with Crippen LogP contribution in [0.4, 0.5) is 0 Å². The topological polar surface area (TPSA) is 81.5 Å². The van der Waals surface area contributed by atoms with Crippen LogP contribution in [0, 0.1) is 11.3 Å². The van der Waals surface area contributed by atoms with Crippen LogP contribution in [0.3, 0.4) is 0 Å². The lowest BCUT2D eigenvalue weighted by Crippen LogP contribution is -2.50. The fourth-order valence-corrected chi connectivity index (χ4v) is 4.85. The second-order valence-electron chi connectivity index (χ2n) is 6.52. The van der Waals surface area contributed by atoms with Crippen molar-refractivity contribution >= 4 is 27.5 Å². The second kappa shape index (κ2) is 8.74. The number of halogens is 1. The summed E-state index contributed by atoms with van der Waals surface area (Å²) in [4.78, 5) is 14.2. The average molecular weight is 418 g/mol. The number of carbonyl (C=O) groups is 1. The number of amides is 1. The van der Waals surface area contributed by atoms with Crippen LogP contribution >= 0.6 is 11.6 Å². The van der Waals surface area contributed by atoms with Gasteiger partial charge in [0.2, 0.25) is 15.9 Å². The Morgan fingerprint density at radius 3 is 2.32 bits per heavy atom. The summed E-state index contributed by atoms with van der Waals surface area (Å²) in [6.07, 6.45) is 0.982. The highest BCUT2D eigenvalue weighted by atomic mass is 35.5. The molecular weight excluding hydrogens is 398 g/mol. The number of aryl methyl sites for hydroxylation is 1.